The first-order valence-electron chi connectivity index (χ1n) is 11.4. The van der Waals surface area contributed by atoms with E-state index in [1.165, 1.54) is 12.3 Å². The maximum Gasteiger partial charge on any atom is 0.351 e. The molecule has 2 rings (SSSR count). The van der Waals surface area contributed by atoms with Crippen LogP contribution in [0.2, 0.25) is 0 Å². The van der Waals surface area contributed by atoms with E-state index in [1.54, 1.807) is 0 Å². The minimum absolute atomic E-state index is 0.0465. The van der Waals surface area contributed by atoms with Gasteiger partial charge in [-0.25, -0.2) is 4.79 Å². The van der Waals surface area contributed by atoms with Crippen molar-refractivity contribution in [3.63, 3.8) is 0 Å². The van der Waals surface area contributed by atoms with Gasteiger partial charge in [0.2, 0.25) is 5.72 Å². The summed E-state index contributed by atoms with van der Waals surface area (Å²) in [6.07, 6.45) is 1.59. The number of nitrogens with two attached hydrogens (primary N) is 1. The molecule has 0 spiro atoms. The monoisotopic (exact) mass is 480 g/mol. The predicted octanol–water partition coefficient (Wildman–Crippen LogP) is 2.34. The molecule has 0 bridgehead atoms. The number of azide groups is 1. The standard InChI is InChI=1S/C21H32N6O7/c1-3-5-7-9-15(29)32-17-18(33-16(30)10-8-6-4-2)21(13-28,25-26-23)34-19(17)27-12-11-14(22)24-20(27)31/h11-12,17-19,28H,3-10,13H2,1-2H3,(H2,22,24,31)/t17-,18+,19+,21-/m1/s1. The van der Waals surface area contributed by atoms with Crippen LogP contribution in [0.1, 0.15) is 71.4 Å². The summed E-state index contributed by atoms with van der Waals surface area (Å²) < 4.78 is 17.9. The van der Waals surface area contributed by atoms with Gasteiger partial charge in [-0.05, 0) is 24.4 Å². The number of hydrogen-bond acceptors (Lipinski definition) is 10. The van der Waals surface area contributed by atoms with Crippen LogP contribution in [-0.4, -0.2) is 51.1 Å². The molecule has 13 heteroatoms. The lowest BCUT2D eigenvalue weighted by atomic mass is 10.0. The van der Waals surface area contributed by atoms with Crippen LogP contribution in [0, 0.1) is 0 Å². The van der Waals surface area contributed by atoms with E-state index in [4.69, 9.17) is 25.5 Å². The van der Waals surface area contributed by atoms with E-state index in [-0.39, 0.29) is 18.7 Å². The number of esters is 2. The van der Waals surface area contributed by atoms with Crippen LogP contribution in [0.5, 0.6) is 0 Å². The van der Waals surface area contributed by atoms with Crippen molar-refractivity contribution in [1.82, 2.24) is 9.55 Å². The predicted molar refractivity (Wildman–Crippen MR) is 120 cm³/mol. The van der Waals surface area contributed by atoms with Crippen molar-refractivity contribution in [2.24, 2.45) is 5.11 Å². The average Bonchev–Trinajstić information content (AvgIpc) is 3.07. The van der Waals surface area contributed by atoms with Gasteiger partial charge in [-0.15, -0.1) is 0 Å². The summed E-state index contributed by atoms with van der Waals surface area (Å²) in [4.78, 5) is 44.0. The van der Waals surface area contributed by atoms with Crippen molar-refractivity contribution in [3.8, 4) is 0 Å². The molecule has 1 aliphatic heterocycles. The van der Waals surface area contributed by atoms with Gasteiger partial charge in [0.25, 0.3) is 0 Å². The molecule has 3 N–H and O–H groups in total. The molecule has 0 saturated carbocycles. The van der Waals surface area contributed by atoms with Gasteiger partial charge < -0.3 is 25.1 Å². The number of carbonyl (C=O) groups is 2. The Labute approximate surface area is 196 Å². The van der Waals surface area contributed by atoms with Gasteiger partial charge >= 0.3 is 17.6 Å². The molecule has 188 valence electrons. The molecule has 13 nitrogen and oxygen atoms in total. The number of carbonyl (C=O) groups excluding carboxylic acids is 2. The maximum absolute atomic E-state index is 12.6. The molecular formula is C21H32N6O7. The fraction of sp³-hybridized carbons (Fsp3) is 0.714. The molecule has 1 aliphatic rings. The molecule has 34 heavy (non-hydrogen) atoms. The highest BCUT2D eigenvalue weighted by Gasteiger charge is 2.60. The van der Waals surface area contributed by atoms with Gasteiger partial charge in [-0.1, -0.05) is 44.6 Å². The summed E-state index contributed by atoms with van der Waals surface area (Å²) >= 11 is 0. The second kappa shape index (κ2) is 12.9. The molecular weight excluding hydrogens is 448 g/mol. The summed E-state index contributed by atoms with van der Waals surface area (Å²) in [6, 6.07) is 1.32. The number of unbranched alkanes of at least 4 members (excludes halogenated alkanes) is 4. The maximum atomic E-state index is 12.6. The van der Waals surface area contributed by atoms with Crippen molar-refractivity contribution in [3.05, 3.63) is 33.2 Å². The van der Waals surface area contributed by atoms with Crippen molar-refractivity contribution >= 4 is 17.8 Å². The third-order valence-corrected chi connectivity index (χ3v) is 5.41. The Morgan fingerprint density at radius 3 is 2.38 bits per heavy atom. The third kappa shape index (κ3) is 6.69. The Balaban J connectivity index is 2.46. The van der Waals surface area contributed by atoms with E-state index >= 15 is 0 Å². The summed E-state index contributed by atoms with van der Waals surface area (Å²) in [6.45, 7) is 3.06. The zero-order valence-corrected chi connectivity index (χ0v) is 19.5. The van der Waals surface area contributed by atoms with Gasteiger partial charge in [0.15, 0.2) is 18.4 Å². The van der Waals surface area contributed by atoms with Crippen LogP contribution in [0.4, 0.5) is 5.82 Å². The lowest BCUT2D eigenvalue weighted by Crippen LogP contribution is -2.48. The van der Waals surface area contributed by atoms with E-state index in [9.17, 15) is 19.5 Å². The fourth-order valence-electron chi connectivity index (χ4n) is 3.63. The van der Waals surface area contributed by atoms with E-state index in [0.29, 0.717) is 12.8 Å². The number of nitrogens with zero attached hydrogens (tertiary/aromatic N) is 5. The molecule has 1 aromatic heterocycles. The van der Waals surface area contributed by atoms with Gasteiger partial charge in [0.05, 0.1) is 6.61 Å². The van der Waals surface area contributed by atoms with Gasteiger partial charge in [0, 0.05) is 24.0 Å². The zero-order valence-electron chi connectivity index (χ0n) is 19.5. The van der Waals surface area contributed by atoms with E-state index < -0.39 is 48.4 Å². The number of ether oxygens (including phenoxy) is 3. The minimum atomic E-state index is -2.13. The lowest BCUT2D eigenvalue weighted by Gasteiger charge is -2.28. The molecule has 0 amide bonds. The Morgan fingerprint density at radius 1 is 1.24 bits per heavy atom. The van der Waals surface area contributed by atoms with Crippen LogP contribution >= 0.6 is 0 Å². The van der Waals surface area contributed by atoms with Crippen molar-refractivity contribution in [2.45, 2.75) is 89.4 Å². The number of aliphatic hydroxyl groups is 1. The molecule has 2 heterocycles. The summed E-state index contributed by atoms with van der Waals surface area (Å²) in [5.41, 5.74) is 11.7. The molecule has 0 aromatic carbocycles. The van der Waals surface area contributed by atoms with Crippen molar-refractivity contribution in [2.75, 3.05) is 12.3 Å². The highest BCUT2D eigenvalue weighted by molar-refractivity contribution is 5.71. The topological polar surface area (TPSA) is 192 Å². The molecule has 4 atom stereocenters. The minimum Gasteiger partial charge on any atom is -0.455 e. The quantitative estimate of drug-likeness (QED) is 0.140. The van der Waals surface area contributed by atoms with Gasteiger partial charge in [-0.3, -0.25) is 14.2 Å². The fourth-order valence-corrected chi connectivity index (χ4v) is 3.63. The van der Waals surface area contributed by atoms with Crippen LogP contribution in [0.25, 0.3) is 10.4 Å². The van der Waals surface area contributed by atoms with Crippen molar-refractivity contribution in [1.29, 1.82) is 0 Å². The number of hydrogen-bond donors (Lipinski definition) is 2. The summed E-state index contributed by atoms with van der Waals surface area (Å²) in [5.74, 6) is -1.32. The first-order chi connectivity index (χ1) is 16.3. The van der Waals surface area contributed by atoms with Gasteiger partial charge in [0.1, 0.15) is 5.82 Å². The highest BCUT2D eigenvalue weighted by atomic mass is 16.7. The zero-order chi connectivity index (χ0) is 25.1. The molecule has 0 radical (unpaired) electrons. The Bertz CT molecular complexity index is 948. The average molecular weight is 481 g/mol. The summed E-state index contributed by atoms with van der Waals surface area (Å²) in [7, 11) is 0. The largest absolute Gasteiger partial charge is 0.455 e. The van der Waals surface area contributed by atoms with Gasteiger partial charge in [-0.2, -0.15) is 4.98 Å². The molecule has 1 fully saturated rings. The van der Waals surface area contributed by atoms with Crippen molar-refractivity contribution < 1.29 is 28.9 Å². The third-order valence-electron chi connectivity index (χ3n) is 5.41. The molecule has 1 saturated heterocycles. The number of aliphatic hydroxyl groups excluding tert-OH is 1. The Hall–Kier alpha value is -3.15. The van der Waals surface area contributed by atoms with E-state index in [0.717, 1.165) is 30.3 Å². The SMILES string of the molecule is CCCCCC(=O)O[C@H]1[C@@H](n2ccc(N)nc2=O)O[C@@](CO)(N=[N+]=[N-])[C@H]1OC(=O)CCCCC. The van der Waals surface area contributed by atoms with Crippen LogP contribution in [0.3, 0.4) is 0 Å². The van der Waals surface area contributed by atoms with E-state index in [2.05, 4.69) is 15.0 Å². The van der Waals surface area contributed by atoms with Crippen LogP contribution in [0.15, 0.2) is 22.2 Å². The number of nitrogen functional groups attached to an aromatic ring is 1. The normalized spacial score (nSPS) is 23.8. The second-order valence-electron chi connectivity index (χ2n) is 8.02. The molecule has 1 aromatic rings. The molecule has 0 unspecified atom stereocenters. The number of aromatic nitrogens is 2. The van der Waals surface area contributed by atoms with E-state index in [1.807, 2.05) is 13.8 Å². The Kier molecular flexibility index (Phi) is 10.3. The number of rotatable bonds is 13. The van der Waals surface area contributed by atoms with Crippen LogP contribution in [-0.2, 0) is 23.8 Å². The molecule has 0 aliphatic carbocycles. The van der Waals surface area contributed by atoms with Crippen LogP contribution < -0.4 is 11.4 Å². The number of anilines is 1. The Morgan fingerprint density at radius 2 is 1.85 bits per heavy atom. The first kappa shape index (κ1) is 27.1. The highest BCUT2D eigenvalue weighted by Crippen LogP contribution is 2.42. The summed E-state index contributed by atoms with van der Waals surface area (Å²) in [5, 5.41) is 13.6. The lowest BCUT2D eigenvalue weighted by molar-refractivity contribution is -0.173. The first-order valence-corrected chi connectivity index (χ1v) is 11.4. The smallest absolute Gasteiger partial charge is 0.351 e. The second-order valence-corrected chi connectivity index (χ2v) is 8.02.